The molecule has 0 heterocycles. The molecule has 0 aliphatic heterocycles. The van der Waals surface area contributed by atoms with Gasteiger partial charge in [-0.1, -0.05) is 0 Å². The number of carbonyl (C=O) groups excluding carboxylic acids is 1. The summed E-state index contributed by atoms with van der Waals surface area (Å²) in [6.07, 6.45) is 0. The molecule has 0 N–H and O–H groups in total. The second-order valence-electron chi connectivity index (χ2n) is 2.52. The highest BCUT2D eigenvalue weighted by atomic mass is 79.9. The number of ether oxygens (including phenoxy) is 2. The van der Waals surface area contributed by atoms with E-state index in [1.807, 2.05) is 0 Å². The zero-order valence-electron chi connectivity index (χ0n) is 7.67. The molecule has 1 aromatic carbocycles. The van der Waals surface area contributed by atoms with Crippen LogP contribution in [-0.4, -0.2) is 19.7 Å². The van der Waals surface area contributed by atoms with E-state index in [2.05, 4.69) is 25.4 Å². The van der Waals surface area contributed by atoms with E-state index in [0.29, 0.717) is 4.47 Å². The summed E-state index contributed by atoms with van der Waals surface area (Å²) in [7, 11) is 1.21. The fourth-order valence-corrected chi connectivity index (χ4v) is 1.27. The van der Waals surface area contributed by atoms with Gasteiger partial charge in [0.1, 0.15) is 5.75 Å². The summed E-state index contributed by atoms with van der Waals surface area (Å²) in [6, 6.07) is 4.06. The molecule has 0 bridgehead atoms. The van der Waals surface area contributed by atoms with Crippen LogP contribution in [0.1, 0.15) is 10.4 Å². The summed E-state index contributed by atoms with van der Waals surface area (Å²) in [5.41, 5.74) is 0.149. The van der Waals surface area contributed by atoms with E-state index >= 15 is 0 Å². The van der Waals surface area contributed by atoms with Gasteiger partial charge in [0.25, 0.3) is 0 Å². The maximum absolute atomic E-state index is 12.0. The minimum absolute atomic E-state index is 0.104. The largest absolute Gasteiger partial charge is 0.465 e. The van der Waals surface area contributed by atoms with Gasteiger partial charge in [0.15, 0.2) is 0 Å². The quantitative estimate of drug-likeness (QED) is 0.799. The van der Waals surface area contributed by atoms with Crippen molar-refractivity contribution in [2.24, 2.45) is 0 Å². The van der Waals surface area contributed by atoms with Gasteiger partial charge in [0.2, 0.25) is 0 Å². The summed E-state index contributed by atoms with van der Waals surface area (Å²) in [4.78, 5) is 11.1. The topological polar surface area (TPSA) is 35.5 Å². The number of benzene rings is 1. The van der Waals surface area contributed by atoms with Crippen LogP contribution >= 0.6 is 15.9 Å². The fourth-order valence-electron chi connectivity index (χ4n) is 0.934. The van der Waals surface area contributed by atoms with Crippen molar-refractivity contribution in [1.29, 1.82) is 0 Å². The minimum atomic E-state index is -2.94. The normalized spacial score (nSPS) is 10.2. The molecular weight excluding hydrogens is 274 g/mol. The molecule has 1 aromatic rings. The number of hydrogen-bond acceptors (Lipinski definition) is 3. The van der Waals surface area contributed by atoms with Crippen molar-refractivity contribution in [3.63, 3.8) is 0 Å². The van der Waals surface area contributed by atoms with Crippen molar-refractivity contribution in [1.82, 2.24) is 0 Å². The molecule has 0 spiro atoms. The third kappa shape index (κ3) is 3.16. The third-order valence-electron chi connectivity index (χ3n) is 1.57. The molecule has 0 atom stereocenters. The summed E-state index contributed by atoms with van der Waals surface area (Å²) in [5, 5.41) is 0. The lowest BCUT2D eigenvalue weighted by atomic mass is 10.2. The van der Waals surface area contributed by atoms with E-state index < -0.39 is 12.6 Å². The molecule has 3 nitrogen and oxygen atoms in total. The lowest BCUT2D eigenvalue weighted by Crippen LogP contribution is -2.05. The highest BCUT2D eigenvalue weighted by Gasteiger charge is 2.12. The summed E-state index contributed by atoms with van der Waals surface area (Å²) < 4.78 is 32.9. The molecule has 0 fully saturated rings. The predicted molar refractivity (Wildman–Crippen MR) is 52.1 cm³/mol. The van der Waals surface area contributed by atoms with Crippen LogP contribution < -0.4 is 4.74 Å². The lowest BCUT2D eigenvalue weighted by Gasteiger charge is -2.07. The molecule has 6 heteroatoms. The predicted octanol–water partition coefficient (Wildman–Crippen LogP) is 2.84. The van der Waals surface area contributed by atoms with E-state index in [0.717, 1.165) is 0 Å². The summed E-state index contributed by atoms with van der Waals surface area (Å²) in [6.45, 7) is -2.94. The van der Waals surface area contributed by atoms with Gasteiger partial charge >= 0.3 is 12.6 Å². The van der Waals surface area contributed by atoms with Gasteiger partial charge in [-0.15, -0.1) is 0 Å². The average molecular weight is 281 g/mol. The number of methoxy groups -OCH3 is 1. The number of rotatable bonds is 3. The van der Waals surface area contributed by atoms with Crippen LogP contribution in [0, 0.1) is 0 Å². The first kappa shape index (κ1) is 11.9. The lowest BCUT2D eigenvalue weighted by molar-refractivity contribution is -0.0504. The molecule has 0 aliphatic rings. The Kier molecular flexibility index (Phi) is 4.02. The summed E-state index contributed by atoms with van der Waals surface area (Å²) in [5.74, 6) is -0.713. The van der Waals surface area contributed by atoms with E-state index in [-0.39, 0.29) is 11.3 Å². The monoisotopic (exact) mass is 280 g/mol. The van der Waals surface area contributed by atoms with Gasteiger partial charge in [0.05, 0.1) is 17.1 Å². The smallest absolute Gasteiger partial charge is 0.387 e. The Balaban J connectivity index is 2.99. The molecule has 82 valence electrons. The van der Waals surface area contributed by atoms with E-state index in [4.69, 9.17) is 0 Å². The average Bonchev–Trinajstić information content (AvgIpc) is 2.19. The van der Waals surface area contributed by atoms with Crippen LogP contribution in [-0.2, 0) is 4.74 Å². The zero-order chi connectivity index (χ0) is 11.4. The highest BCUT2D eigenvalue weighted by Crippen LogP contribution is 2.27. The van der Waals surface area contributed by atoms with Crippen molar-refractivity contribution in [2.45, 2.75) is 6.61 Å². The van der Waals surface area contributed by atoms with Crippen LogP contribution in [0.5, 0.6) is 5.75 Å². The molecule has 1 rings (SSSR count). The van der Waals surface area contributed by atoms with Gasteiger partial charge in [-0.05, 0) is 34.1 Å². The van der Waals surface area contributed by atoms with Gasteiger partial charge in [0, 0.05) is 0 Å². The molecule has 0 aromatic heterocycles. The Morgan fingerprint density at radius 3 is 2.67 bits per heavy atom. The molecule has 0 radical (unpaired) electrons. The SMILES string of the molecule is COC(=O)c1ccc(Br)c(OC(F)F)c1. The number of esters is 1. The maximum atomic E-state index is 12.0. The van der Waals surface area contributed by atoms with Crippen LogP contribution in [0.2, 0.25) is 0 Å². The van der Waals surface area contributed by atoms with Gasteiger partial charge < -0.3 is 9.47 Å². The molecule has 0 saturated heterocycles. The number of alkyl halides is 2. The number of hydrogen-bond donors (Lipinski definition) is 0. The minimum Gasteiger partial charge on any atom is -0.465 e. The van der Waals surface area contributed by atoms with Gasteiger partial charge in [-0.25, -0.2) is 4.79 Å². The first-order valence-corrected chi connectivity index (χ1v) is 4.66. The van der Waals surface area contributed by atoms with Crippen LogP contribution in [0.25, 0.3) is 0 Å². The molecule has 15 heavy (non-hydrogen) atoms. The van der Waals surface area contributed by atoms with E-state index in [9.17, 15) is 13.6 Å². The molecule has 0 aliphatic carbocycles. The molecule has 0 saturated carbocycles. The summed E-state index contributed by atoms with van der Waals surface area (Å²) >= 11 is 3.02. The van der Waals surface area contributed by atoms with Crippen molar-refractivity contribution in [3.8, 4) is 5.75 Å². The van der Waals surface area contributed by atoms with E-state index in [1.165, 1.54) is 25.3 Å². The Morgan fingerprint density at radius 1 is 1.47 bits per heavy atom. The van der Waals surface area contributed by atoms with Crippen molar-refractivity contribution < 1.29 is 23.0 Å². The molecule has 0 unspecified atom stereocenters. The first-order chi connectivity index (χ1) is 7.04. The van der Waals surface area contributed by atoms with Gasteiger partial charge in [-0.3, -0.25) is 0 Å². The van der Waals surface area contributed by atoms with Crippen molar-refractivity contribution >= 4 is 21.9 Å². The highest BCUT2D eigenvalue weighted by molar-refractivity contribution is 9.10. The maximum Gasteiger partial charge on any atom is 0.387 e. The molecular formula is C9H7BrF2O3. The van der Waals surface area contributed by atoms with Gasteiger partial charge in [-0.2, -0.15) is 8.78 Å². The number of halogens is 3. The zero-order valence-corrected chi connectivity index (χ0v) is 9.25. The number of carbonyl (C=O) groups is 1. The standard InChI is InChI=1S/C9H7BrF2O3/c1-14-8(13)5-2-3-6(10)7(4-5)15-9(11)12/h2-4,9H,1H3. The van der Waals surface area contributed by atoms with Crippen molar-refractivity contribution in [2.75, 3.05) is 7.11 Å². The van der Waals surface area contributed by atoms with Crippen LogP contribution in [0.4, 0.5) is 8.78 Å². The Labute approximate surface area is 93.1 Å². The fraction of sp³-hybridized carbons (Fsp3) is 0.222. The van der Waals surface area contributed by atoms with E-state index in [1.54, 1.807) is 0 Å². The Bertz CT molecular complexity index is 368. The first-order valence-electron chi connectivity index (χ1n) is 3.87. The molecule has 0 amide bonds. The Morgan fingerprint density at radius 2 is 2.13 bits per heavy atom. The third-order valence-corrected chi connectivity index (χ3v) is 2.22. The van der Waals surface area contributed by atoms with Crippen molar-refractivity contribution in [3.05, 3.63) is 28.2 Å². The van der Waals surface area contributed by atoms with Crippen LogP contribution in [0.3, 0.4) is 0 Å². The second-order valence-corrected chi connectivity index (χ2v) is 3.37. The van der Waals surface area contributed by atoms with Crippen LogP contribution in [0.15, 0.2) is 22.7 Å². The Hall–Kier alpha value is -1.17. The second kappa shape index (κ2) is 5.06.